The summed E-state index contributed by atoms with van der Waals surface area (Å²) in [6, 6.07) is 6.37. The van der Waals surface area contributed by atoms with Gasteiger partial charge in [-0.05, 0) is 47.1 Å². The van der Waals surface area contributed by atoms with Crippen LogP contribution in [0.2, 0.25) is 0 Å². The molecular formula is C15H11BrF3NO. The number of carbonyl (C=O) groups excluding carboxylic acids is 1. The topological polar surface area (TPSA) is 29.1 Å². The maximum absolute atomic E-state index is 13.6. The van der Waals surface area contributed by atoms with Crippen LogP contribution >= 0.6 is 15.9 Å². The molecule has 110 valence electrons. The first kappa shape index (κ1) is 15.6. The third-order valence-corrected chi connectivity index (χ3v) is 3.60. The number of hydrogen-bond donors (Lipinski definition) is 1. The van der Waals surface area contributed by atoms with Gasteiger partial charge in [0.15, 0.2) is 0 Å². The highest BCUT2D eigenvalue weighted by molar-refractivity contribution is 9.10. The molecule has 0 aliphatic rings. The molecule has 1 unspecified atom stereocenters. The van der Waals surface area contributed by atoms with Crippen molar-refractivity contribution in [3.63, 3.8) is 0 Å². The SMILES string of the molecule is CC(NC(=O)c1ccc(Br)c(F)c1)c1ccc(F)cc1F. The molecule has 2 rings (SSSR count). The van der Waals surface area contributed by atoms with E-state index in [1.54, 1.807) is 6.92 Å². The van der Waals surface area contributed by atoms with Gasteiger partial charge in [0.1, 0.15) is 17.5 Å². The first-order chi connectivity index (χ1) is 9.88. The number of nitrogens with one attached hydrogen (secondary N) is 1. The molecule has 2 aromatic rings. The molecule has 0 aliphatic heterocycles. The van der Waals surface area contributed by atoms with Gasteiger partial charge in [0.2, 0.25) is 0 Å². The Hall–Kier alpha value is -1.82. The molecule has 0 aromatic heterocycles. The maximum atomic E-state index is 13.6. The fraction of sp³-hybridized carbons (Fsp3) is 0.133. The van der Waals surface area contributed by atoms with E-state index in [0.29, 0.717) is 0 Å². The van der Waals surface area contributed by atoms with Crippen LogP contribution in [0.5, 0.6) is 0 Å². The monoisotopic (exact) mass is 357 g/mol. The number of halogens is 4. The van der Waals surface area contributed by atoms with E-state index in [4.69, 9.17) is 0 Å². The molecule has 1 atom stereocenters. The van der Waals surface area contributed by atoms with Crippen LogP contribution in [0.15, 0.2) is 40.9 Å². The van der Waals surface area contributed by atoms with Crippen molar-refractivity contribution in [1.29, 1.82) is 0 Å². The van der Waals surface area contributed by atoms with E-state index in [1.165, 1.54) is 18.2 Å². The minimum absolute atomic E-state index is 0.116. The highest BCUT2D eigenvalue weighted by Gasteiger charge is 2.16. The lowest BCUT2D eigenvalue weighted by Crippen LogP contribution is -2.27. The Balaban J connectivity index is 2.16. The zero-order chi connectivity index (χ0) is 15.6. The smallest absolute Gasteiger partial charge is 0.251 e. The molecule has 0 saturated heterocycles. The Labute approximate surface area is 128 Å². The van der Waals surface area contributed by atoms with E-state index < -0.39 is 29.4 Å². The minimum Gasteiger partial charge on any atom is -0.345 e. The number of carbonyl (C=O) groups is 1. The summed E-state index contributed by atoms with van der Waals surface area (Å²) in [5.41, 5.74) is 0.271. The Kier molecular flexibility index (Phi) is 4.67. The second-order valence-electron chi connectivity index (χ2n) is 4.49. The van der Waals surface area contributed by atoms with E-state index in [2.05, 4.69) is 21.2 Å². The molecule has 0 saturated carbocycles. The maximum Gasteiger partial charge on any atom is 0.251 e. The van der Waals surface area contributed by atoms with Crippen LogP contribution in [0, 0.1) is 17.5 Å². The fourth-order valence-corrected chi connectivity index (χ4v) is 2.09. The van der Waals surface area contributed by atoms with Gasteiger partial charge >= 0.3 is 0 Å². The van der Waals surface area contributed by atoms with Gasteiger partial charge < -0.3 is 5.32 Å². The highest BCUT2D eigenvalue weighted by atomic mass is 79.9. The van der Waals surface area contributed by atoms with Crippen LogP contribution in [0.25, 0.3) is 0 Å². The first-order valence-electron chi connectivity index (χ1n) is 6.09. The van der Waals surface area contributed by atoms with E-state index in [-0.39, 0.29) is 15.6 Å². The highest BCUT2D eigenvalue weighted by Crippen LogP contribution is 2.20. The molecule has 0 aliphatic carbocycles. The van der Waals surface area contributed by atoms with Gasteiger partial charge in [-0.1, -0.05) is 6.07 Å². The van der Waals surface area contributed by atoms with E-state index >= 15 is 0 Å². The number of benzene rings is 2. The van der Waals surface area contributed by atoms with Gasteiger partial charge in [0.25, 0.3) is 5.91 Å². The second kappa shape index (κ2) is 6.30. The molecule has 21 heavy (non-hydrogen) atoms. The summed E-state index contributed by atoms with van der Waals surface area (Å²) in [6.07, 6.45) is 0. The summed E-state index contributed by atoms with van der Waals surface area (Å²) in [7, 11) is 0. The standard InChI is InChI=1S/C15H11BrF3NO/c1-8(11-4-3-10(17)7-13(11)18)20-15(21)9-2-5-12(16)14(19)6-9/h2-8H,1H3,(H,20,21). The molecule has 0 bridgehead atoms. The van der Waals surface area contributed by atoms with E-state index in [0.717, 1.165) is 18.2 Å². The van der Waals surface area contributed by atoms with Crippen molar-refractivity contribution in [2.75, 3.05) is 0 Å². The Morgan fingerprint density at radius 2 is 1.81 bits per heavy atom. The van der Waals surface area contributed by atoms with Crippen LogP contribution in [0.3, 0.4) is 0 Å². The minimum atomic E-state index is -0.746. The zero-order valence-corrected chi connectivity index (χ0v) is 12.5. The lowest BCUT2D eigenvalue weighted by molar-refractivity contribution is 0.0939. The number of hydrogen-bond acceptors (Lipinski definition) is 1. The van der Waals surface area contributed by atoms with Crippen molar-refractivity contribution in [3.05, 3.63) is 69.4 Å². The summed E-state index contributed by atoms with van der Waals surface area (Å²) in [5.74, 6) is -2.55. The lowest BCUT2D eigenvalue weighted by Gasteiger charge is -2.15. The van der Waals surface area contributed by atoms with Gasteiger partial charge in [-0.25, -0.2) is 13.2 Å². The van der Waals surface area contributed by atoms with Crippen molar-refractivity contribution >= 4 is 21.8 Å². The summed E-state index contributed by atoms with van der Waals surface area (Å²) in [5, 5.41) is 2.54. The zero-order valence-electron chi connectivity index (χ0n) is 11.0. The molecule has 1 N–H and O–H groups in total. The third kappa shape index (κ3) is 3.64. The van der Waals surface area contributed by atoms with Crippen LogP contribution in [0.4, 0.5) is 13.2 Å². The molecule has 0 spiro atoms. The lowest BCUT2D eigenvalue weighted by atomic mass is 10.1. The predicted molar refractivity (Wildman–Crippen MR) is 76.3 cm³/mol. The Morgan fingerprint density at radius 3 is 2.43 bits per heavy atom. The van der Waals surface area contributed by atoms with E-state index in [9.17, 15) is 18.0 Å². The molecule has 2 aromatic carbocycles. The van der Waals surface area contributed by atoms with Gasteiger partial charge in [0.05, 0.1) is 10.5 Å². The van der Waals surface area contributed by atoms with Gasteiger partial charge in [-0.15, -0.1) is 0 Å². The van der Waals surface area contributed by atoms with Crippen molar-refractivity contribution < 1.29 is 18.0 Å². The van der Waals surface area contributed by atoms with Crippen molar-refractivity contribution in [1.82, 2.24) is 5.32 Å². The molecule has 0 fully saturated rings. The Bertz CT molecular complexity index is 691. The Morgan fingerprint density at radius 1 is 1.10 bits per heavy atom. The van der Waals surface area contributed by atoms with Gasteiger partial charge in [0, 0.05) is 17.2 Å². The van der Waals surface area contributed by atoms with E-state index in [1.807, 2.05) is 0 Å². The molecular weight excluding hydrogens is 347 g/mol. The van der Waals surface area contributed by atoms with Crippen molar-refractivity contribution in [2.45, 2.75) is 13.0 Å². The largest absolute Gasteiger partial charge is 0.345 e. The average Bonchev–Trinajstić information content (AvgIpc) is 2.41. The van der Waals surface area contributed by atoms with Crippen LogP contribution in [0.1, 0.15) is 28.9 Å². The summed E-state index contributed by atoms with van der Waals surface area (Å²) in [4.78, 5) is 12.0. The third-order valence-electron chi connectivity index (χ3n) is 2.96. The quantitative estimate of drug-likeness (QED) is 0.868. The molecule has 2 nitrogen and oxygen atoms in total. The van der Waals surface area contributed by atoms with Crippen LogP contribution in [-0.4, -0.2) is 5.91 Å². The van der Waals surface area contributed by atoms with Gasteiger partial charge in [-0.2, -0.15) is 0 Å². The summed E-state index contributed by atoms with van der Waals surface area (Å²) in [6.45, 7) is 1.56. The number of rotatable bonds is 3. The predicted octanol–water partition coefficient (Wildman–Crippen LogP) is 4.36. The summed E-state index contributed by atoms with van der Waals surface area (Å²) >= 11 is 2.99. The summed E-state index contributed by atoms with van der Waals surface area (Å²) < 4.78 is 40.1. The van der Waals surface area contributed by atoms with Crippen molar-refractivity contribution in [3.8, 4) is 0 Å². The number of amides is 1. The van der Waals surface area contributed by atoms with Gasteiger partial charge in [-0.3, -0.25) is 4.79 Å². The molecule has 0 radical (unpaired) electrons. The molecule has 0 heterocycles. The average molecular weight is 358 g/mol. The normalized spacial score (nSPS) is 12.0. The first-order valence-corrected chi connectivity index (χ1v) is 6.88. The molecule has 6 heteroatoms. The second-order valence-corrected chi connectivity index (χ2v) is 5.34. The molecule has 1 amide bonds. The van der Waals surface area contributed by atoms with Crippen molar-refractivity contribution in [2.24, 2.45) is 0 Å². The fourth-order valence-electron chi connectivity index (χ4n) is 1.85. The van der Waals surface area contributed by atoms with Crippen LogP contribution < -0.4 is 5.32 Å². The van der Waals surface area contributed by atoms with Crippen LogP contribution in [-0.2, 0) is 0 Å².